The molecule has 0 radical (unpaired) electrons. The zero-order valence-electron chi connectivity index (χ0n) is 21.5. The quantitative estimate of drug-likeness (QED) is 0.213. The summed E-state index contributed by atoms with van der Waals surface area (Å²) < 4.78 is 0. The molecule has 0 aromatic heterocycles. The topological polar surface area (TPSA) is 0 Å². The van der Waals surface area contributed by atoms with E-state index < -0.39 is 0 Å². The second kappa shape index (κ2) is 9.73. The largest absolute Gasteiger partial charge is 0.0843 e. The Morgan fingerprint density at radius 3 is 1.64 bits per heavy atom. The molecule has 0 nitrogen and oxygen atoms in total. The van der Waals surface area contributed by atoms with Gasteiger partial charge in [0, 0.05) is 5.02 Å². The van der Waals surface area contributed by atoms with E-state index in [0.717, 1.165) is 17.0 Å². The van der Waals surface area contributed by atoms with Gasteiger partial charge in [0.05, 0.1) is 5.41 Å². The number of benzene rings is 6. The van der Waals surface area contributed by atoms with Crippen LogP contribution in [0.2, 0.25) is 5.02 Å². The van der Waals surface area contributed by atoms with Crippen molar-refractivity contribution in [3.63, 3.8) is 0 Å². The van der Waals surface area contributed by atoms with Gasteiger partial charge in [0.2, 0.25) is 0 Å². The van der Waals surface area contributed by atoms with Gasteiger partial charge in [-0.1, -0.05) is 151 Å². The first-order chi connectivity index (χ1) is 19.2. The molecule has 7 rings (SSSR count). The zero-order valence-corrected chi connectivity index (χ0v) is 22.3. The van der Waals surface area contributed by atoms with Crippen LogP contribution in [0.1, 0.15) is 22.3 Å². The third-order valence-electron chi connectivity index (χ3n) is 8.16. The Kier molecular flexibility index (Phi) is 5.91. The number of hydrogen-bond acceptors (Lipinski definition) is 0. The molecule has 6 aromatic carbocycles. The van der Waals surface area contributed by atoms with Gasteiger partial charge in [-0.05, 0) is 74.2 Å². The monoisotopic (exact) mass is 518 g/mol. The van der Waals surface area contributed by atoms with Gasteiger partial charge >= 0.3 is 0 Å². The predicted octanol–water partition coefficient (Wildman–Crippen LogP) is 10.2. The minimum absolute atomic E-state index is 0.322. The Hall–Kier alpha value is -4.39. The first-order valence-electron chi connectivity index (χ1n) is 13.4. The van der Waals surface area contributed by atoms with E-state index in [2.05, 4.69) is 140 Å². The fourth-order valence-corrected chi connectivity index (χ4v) is 6.59. The number of fused-ring (bicyclic) bond motifs is 3. The maximum Gasteiger partial charge on any atom is 0.0504 e. The molecule has 0 saturated carbocycles. The lowest BCUT2D eigenvalue weighted by molar-refractivity contribution is 0.630. The highest BCUT2D eigenvalue weighted by Gasteiger charge is 2.44. The summed E-state index contributed by atoms with van der Waals surface area (Å²) in [5.74, 6) is 0. The summed E-state index contributed by atoms with van der Waals surface area (Å²) in [4.78, 5) is 0. The lowest BCUT2D eigenvalue weighted by atomic mass is 9.68. The van der Waals surface area contributed by atoms with Crippen molar-refractivity contribution in [1.82, 2.24) is 0 Å². The van der Waals surface area contributed by atoms with Crippen molar-refractivity contribution in [2.75, 3.05) is 0 Å². The van der Waals surface area contributed by atoms with Gasteiger partial charge < -0.3 is 0 Å². The van der Waals surface area contributed by atoms with Crippen molar-refractivity contribution in [1.29, 1.82) is 0 Å². The van der Waals surface area contributed by atoms with Crippen LogP contribution in [0.4, 0.5) is 0 Å². The molecule has 6 aromatic rings. The van der Waals surface area contributed by atoms with E-state index in [1.165, 1.54) is 50.1 Å². The lowest BCUT2D eigenvalue weighted by Crippen LogP contribution is -2.30. The van der Waals surface area contributed by atoms with Gasteiger partial charge in [0.1, 0.15) is 0 Å². The fraction of sp³-hybridized carbons (Fsp3) is 0.0526. The Morgan fingerprint density at radius 2 is 0.974 bits per heavy atom. The molecular weight excluding hydrogens is 492 g/mol. The second-order valence-electron chi connectivity index (χ2n) is 10.3. The Morgan fingerprint density at radius 1 is 0.436 bits per heavy atom. The Balaban J connectivity index is 1.46. The summed E-state index contributed by atoms with van der Waals surface area (Å²) in [7, 11) is 0. The average molecular weight is 519 g/mol. The SMILES string of the molecule is Clc1cccc(-c2ccccc2CC2(c3ccc(-c4ccccc4)cc3)c3ccccc3-c3ccccc32)c1. The number of halogens is 1. The number of rotatable bonds is 5. The van der Waals surface area contributed by atoms with Crippen LogP contribution in [0.5, 0.6) is 0 Å². The molecule has 1 aliphatic carbocycles. The number of hydrogen-bond donors (Lipinski definition) is 0. The summed E-state index contributed by atoms with van der Waals surface area (Å²) in [6.07, 6.45) is 0.842. The normalized spacial score (nSPS) is 13.1. The first kappa shape index (κ1) is 23.7. The van der Waals surface area contributed by atoms with Crippen LogP contribution in [0.3, 0.4) is 0 Å². The van der Waals surface area contributed by atoms with Crippen molar-refractivity contribution < 1.29 is 0 Å². The smallest absolute Gasteiger partial charge is 0.0504 e. The molecule has 0 bridgehead atoms. The molecule has 0 spiro atoms. The van der Waals surface area contributed by atoms with Crippen LogP contribution < -0.4 is 0 Å². The molecule has 0 amide bonds. The molecule has 1 aliphatic rings. The van der Waals surface area contributed by atoms with E-state index in [1.54, 1.807) is 0 Å². The molecule has 0 unspecified atom stereocenters. The van der Waals surface area contributed by atoms with E-state index in [4.69, 9.17) is 11.6 Å². The molecule has 0 aliphatic heterocycles. The van der Waals surface area contributed by atoms with Crippen molar-refractivity contribution in [3.8, 4) is 33.4 Å². The van der Waals surface area contributed by atoms with Gasteiger partial charge in [-0.3, -0.25) is 0 Å². The lowest BCUT2D eigenvalue weighted by Gasteiger charge is -2.34. The van der Waals surface area contributed by atoms with Crippen LogP contribution in [0.15, 0.2) is 152 Å². The summed E-state index contributed by atoms with van der Waals surface area (Å²) in [6.45, 7) is 0. The van der Waals surface area contributed by atoms with E-state index in [1.807, 2.05) is 12.1 Å². The zero-order chi connectivity index (χ0) is 26.2. The summed E-state index contributed by atoms with van der Waals surface area (Å²) in [5.41, 5.74) is 12.5. The van der Waals surface area contributed by atoms with Crippen LogP contribution in [-0.2, 0) is 11.8 Å². The van der Waals surface area contributed by atoms with Gasteiger partial charge in [0.25, 0.3) is 0 Å². The average Bonchev–Trinajstić information content (AvgIpc) is 3.28. The highest BCUT2D eigenvalue weighted by molar-refractivity contribution is 6.30. The van der Waals surface area contributed by atoms with Crippen molar-refractivity contribution in [2.45, 2.75) is 11.8 Å². The molecule has 0 saturated heterocycles. The molecule has 1 heteroatoms. The van der Waals surface area contributed by atoms with E-state index >= 15 is 0 Å². The van der Waals surface area contributed by atoms with Gasteiger partial charge in [-0.15, -0.1) is 0 Å². The van der Waals surface area contributed by atoms with Crippen LogP contribution >= 0.6 is 11.6 Å². The molecule has 186 valence electrons. The fourth-order valence-electron chi connectivity index (χ4n) is 6.40. The molecule has 0 atom stereocenters. The molecule has 39 heavy (non-hydrogen) atoms. The van der Waals surface area contributed by atoms with Crippen molar-refractivity contribution in [3.05, 3.63) is 179 Å². The summed E-state index contributed by atoms with van der Waals surface area (Å²) in [5, 5.41) is 0.755. The van der Waals surface area contributed by atoms with Crippen molar-refractivity contribution >= 4 is 11.6 Å². The standard InChI is InChI=1S/C38H27Cl/c39-32-15-10-14-29(25-32)33-16-5-4-13-30(33)26-38(31-23-21-28(22-24-31)27-11-2-1-3-12-27)36-19-8-6-17-34(36)35-18-7-9-20-37(35)38/h1-25H,26H2. The van der Waals surface area contributed by atoms with Gasteiger partial charge in [-0.25, -0.2) is 0 Å². The third-order valence-corrected chi connectivity index (χ3v) is 8.39. The molecule has 0 heterocycles. The van der Waals surface area contributed by atoms with Gasteiger partial charge in [0.15, 0.2) is 0 Å². The predicted molar refractivity (Wildman–Crippen MR) is 164 cm³/mol. The molecular formula is C38H27Cl. The maximum atomic E-state index is 6.44. The van der Waals surface area contributed by atoms with Crippen molar-refractivity contribution in [2.24, 2.45) is 0 Å². The highest BCUT2D eigenvalue weighted by Crippen LogP contribution is 2.54. The van der Waals surface area contributed by atoms with E-state index in [0.29, 0.717) is 0 Å². The molecule has 0 fully saturated rings. The minimum Gasteiger partial charge on any atom is -0.0843 e. The molecule has 0 N–H and O–H groups in total. The summed E-state index contributed by atoms with van der Waals surface area (Å²) in [6, 6.07) is 54.7. The second-order valence-corrected chi connectivity index (χ2v) is 10.7. The van der Waals surface area contributed by atoms with Gasteiger partial charge in [-0.2, -0.15) is 0 Å². The first-order valence-corrected chi connectivity index (χ1v) is 13.8. The Bertz CT molecular complexity index is 1730. The minimum atomic E-state index is -0.322. The van der Waals surface area contributed by atoms with Crippen LogP contribution in [0, 0.1) is 0 Å². The third kappa shape index (κ3) is 4.00. The highest BCUT2D eigenvalue weighted by atomic mass is 35.5. The Labute approximate surface area is 235 Å². The van der Waals surface area contributed by atoms with Crippen LogP contribution in [0.25, 0.3) is 33.4 Å². The van der Waals surface area contributed by atoms with Crippen LogP contribution in [-0.4, -0.2) is 0 Å². The van der Waals surface area contributed by atoms with E-state index in [9.17, 15) is 0 Å². The summed E-state index contributed by atoms with van der Waals surface area (Å²) >= 11 is 6.44. The maximum absolute atomic E-state index is 6.44. The van der Waals surface area contributed by atoms with E-state index in [-0.39, 0.29) is 5.41 Å².